The van der Waals surface area contributed by atoms with Crippen LogP contribution in [-0.4, -0.2) is 32.8 Å². The fraction of sp³-hybridized carbons (Fsp3) is 0.462. The Morgan fingerprint density at radius 2 is 2.11 bits per heavy atom. The third-order valence-electron chi connectivity index (χ3n) is 2.37. The van der Waals surface area contributed by atoms with E-state index in [4.69, 9.17) is 27.9 Å². The second-order valence-electron chi connectivity index (χ2n) is 3.85. The molecular weight excluding hydrogens is 285 g/mol. The number of methoxy groups -OCH3 is 1. The number of rotatable bonds is 6. The SMILES string of the molecule is CCNC(=NCc1ccc(Cl)cc1Cl)NCCOC. The van der Waals surface area contributed by atoms with Crippen LogP contribution in [0.15, 0.2) is 23.2 Å². The van der Waals surface area contributed by atoms with Crippen molar-refractivity contribution in [2.24, 2.45) is 4.99 Å². The first-order valence-corrected chi connectivity index (χ1v) is 6.88. The summed E-state index contributed by atoms with van der Waals surface area (Å²) >= 11 is 12.0. The lowest BCUT2D eigenvalue weighted by atomic mass is 10.2. The summed E-state index contributed by atoms with van der Waals surface area (Å²) in [5.41, 5.74) is 0.940. The quantitative estimate of drug-likeness (QED) is 0.482. The maximum atomic E-state index is 6.10. The summed E-state index contributed by atoms with van der Waals surface area (Å²) in [6.07, 6.45) is 0. The number of aliphatic imine (C=N–C) groups is 1. The average molecular weight is 304 g/mol. The number of halogens is 2. The van der Waals surface area contributed by atoms with Gasteiger partial charge in [0.25, 0.3) is 0 Å². The molecule has 2 N–H and O–H groups in total. The molecule has 0 spiro atoms. The van der Waals surface area contributed by atoms with E-state index < -0.39 is 0 Å². The van der Waals surface area contributed by atoms with Gasteiger partial charge in [0.2, 0.25) is 0 Å². The molecule has 0 bridgehead atoms. The van der Waals surface area contributed by atoms with E-state index in [0.717, 1.165) is 18.1 Å². The molecule has 0 aromatic heterocycles. The number of hydrogen-bond donors (Lipinski definition) is 2. The van der Waals surface area contributed by atoms with E-state index in [9.17, 15) is 0 Å². The molecular formula is C13H19Cl2N3O. The smallest absolute Gasteiger partial charge is 0.191 e. The van der Waals surface area contributed by atoms with Gasteiger partial charge in [0.1, 0.15) is 0 Å². The Morgan fingerprint density at radius 1 is 1.32 bits per heavy atom. The molecule has 1 aromatic carbocycles. The number of hydrogen-bond acceptors (Lipinski definition) is 2. The number of guanidine groups is 1. The van der Waals surface area contributed by atoms with Crippen molar-refractivity contribution in [3.63, 3.8) is 0 Å². The zero-order chi connectivity index (χ0) is 14.1. The summed E-state index contributed by atoms with van der Waals surface area (Å²) in [6.45, 7) is 4.65. The Morgan fingerprint density at radius 3 is 2.74 bits per heavy atom. The van der Waals surface area contributed by atoms with Gasteiger partial charge in [-0.3, -0.25) is 0 Å². The van der Waals surface area contributed by atoms with Gasteiger partial charge in [0, 0.05) is 30.2 Å². The molecule has 1 aromatic rings. The summed E-state index contributed by atoms with van der Waals surface area (Å²) in [5, 5.41) is 7.58. The van der Waals surface area contributed by atoms with Gasteiger partial charge in [-0.15, -0.1) is 0 Å². The molecule has 0 amide bonds. The van der Waals surface area contributed by atoms with Crippen LogP contribution in [0.25, 0.3) is 0 Å². The van der Waals surface area contributed by atoms with E-state index in [1.54, 1.807) is 13.2 Å². The van der Waals surface area contributed by atoms with Crippen molar-refractivity contribution in [1.82, 2.24) is 10.6 Å². The van der Waals surface area contributed by atoms with Crippen molar-refractivity contribution in [2.45, 2.75) is 13.5 Å². The van der Waals surface area contributed by atoms with Crippen LogP contribution in [0.5, 0.6) is 0 Å². The van der Waals surface area contributed by atoms with E-state index in [0.29, 0.717) is 29.7 Å². The van der Waals surface area contributed by atoms with E-state index >= 15 is 0 Å². The van der Waals surface area contributed by atoms with Crippen LogP contribution in [0.1, 0.15) is 12.5 Å². The van der Waals surface area contributed by atoms with Crippen LogP contribution in [0, 0.1) is 0 Å². The highest BCUT2D eigenvalue weighted by Crippen LogP contribution is 2.21. The van der Waals surface area contributed by atoms with Gasteiger partial charge in [-0.25, -0.2) is 4.99 Å². The predicted molar refractivity (Wildman–Crippen MR) is 81.2 cm³/mol. The monoisotopic (exact) mass is 303 g/mol. The topological polar surface area (TPSA) is 45.7 Å². The molecule has 0 radical (unpaired) electrons. The van der Waals surface area contributed by atoms with Crippen LogP contribution in [0.4, 0.5) is 0 Å². The summed E-state index contributed by atoms with van der Waals surface area (Å²) < 4.78 is 4.98. The number of nitrogens with zero attached hydrogens (tertiary/aromatic N) is 1. The summed E-state index contributed by atoms with van der Waals surface area (Å²) in [6, 6.07) is 5.41. The Balaban J connectivity index is 2.63. The molecule has 1 rings (SSSR count). The van der Waals surface area contributed by atoms with E-state index in [2.05, 4.69) is 15.6 Å². The van der Waals surface area contributed by atoms with Gasteiger partial charge in [-0.1, -0.05) is 29.3 Å². The summed E-state index contributed by atoms with van der Waals surface area (Å²) in [5.74, 6) is 0.741. The van der Waals surface area contributed by atoms with Crippen molar-refractivity contribution < 1.29 is 4.74 Å². The van der Waals surface area contributed by atoms with Crippen molar-refractivity contribution in [3.05, 3.63) is 33.8 Å². The highest BCUT2D eigenvalue weighted by Gasteiger charge is 2.02. The fourth-order valence-electron chi connectivity index (χ4n) is 1.43. The first kappa shape index (κ1) is 16.1. The lowest BCUT2D eigenvalue weighted by Gasteiger charge is -2.11. The first-order valence-electron chi connectivity index (χ1n) is 6.12. The van der Waals surface area contributed by atoms with Crippen molar-refractivity contribution >= 4 is 29.2 Å². The molecule has 0 fully saturated rings. The van der Waals surface area contributed by atoms with E-state index in [-0.39, 0.29) is 0 Å². The fourth-order valence-corrected chi connectivity index (χ4v) is 1.90. The Labute approximate surface area is 124 Å². The normalized spacial score (nSPS) is 11.5. The molecule has 0 aliphatic rings. The molecule has 19 heavy (non-hydrogen) atoms. The Hall–Kier alpha value is -0.970. The zero-order valence-electron chi connectivity index (χ0n) is 11.2. The maximum Gasteiger partial charge on any atom is 0.191 e. The van der Waals surface area contributed by atoms with Crippen LogP contribution in [0.2, 0.25) is 10.0 Å². The van der Waals surface area contributed by atoms with Gasteiger partial charge < -0.3 is 15.4 Å². The maximum absolute atomic E-state index is 6.10. The Bertz CT molecular complexity index is 424. The largest absolute Gasteiger partial charge is 0.383 e. The van der Waals surface area contributed by atoms with Crippen molar-refractivity contribution in [2.75, 3.05) is 26.8 Å². The minimum atomic E-state index is 0.498. The minimum absolute atomic E-state index is 0.498. The van der Waals surface area contributed by atoms with Crippen LogP contribution >= 0.6 is 23.2 Å². The van der Waals surface area contributed by atoms with Gasteiger partial charge in [-0.2, -0.15) is 0 Å². The summed E-state index contributed by atoms with van der Waals surface area (Å²) in [4.78, 5) is 4.46. The number of benzene rings is 1. The van der Waals surface area contributed by atoms with Gasteiger partial charge in [0.15, 0.2) is 5.96 Å². The molecule has 0 atom stereocenters. The van der Waals surface area contributed by atoms with E-state index in [1.165, 1.54) is 0 Å². The van der Waals surface area contributed by atoms with Crippen LogP contribution in [-0.2, 0) is 11.3 Å². The molecule has 0 aliphatic heterocycles. The Kier molecular flexibility index (Phi) is 7.63. The molecule has 0 aliphatic carbocycles. The third kappa shape index (κ3) is 6.14. The predicted octanol–water partition coefficient (Wildman–Crippen LogP) is 2.69. The van der Waals surface area contributed by atoms with Crippen LogP contribution in [0.3, 0.4) is 0 Å². The lowest BCUT2D eigenvalue weighted by molar-refractivity contribution is 0.203. The highest BCUT2D eigenvalue weighted by molar-refractivity contribution is 6.35. The zero-order valence-corrected chi connectivity index (χ0v) is 12.7. The molecule has 0 heterocycles. The standard InChI is InChI=1S/C13H19Cl2N3O/c1-3-16-13(17-6-7-19-2)18-9-10-4-5-11(14)8-12(10)15/h4-5,8H,3,6-7,9H2,1-2H3,(H2,16,17,18). The molecule has 0 unspecified atom stereocenters. The second kappa shape index (κ2) is 9.02. The minimum Gasteiger partial charge on any atom is -0.383 e. The molecule has 6 heteroatoms. The number of ether oxygens (including phenoxy) is 1. The number of nitrogens with one attached hydrogen (secondary N) is 2. The van der Waals surface area contributed by atoms with Gasteiger partial charge >= 0.3 is 0 Å². The molecule has 0 saturated carbocycles. The first-order chi connectivity index (χ1) is 9.17. The lowest BCUT2D eigenvalue weighted by Crippen LogP contribution is -2.38. The van der Waals surface area contributed by atoms with Crippen LogP contribution < -0.4 is 10.6 Å². The highest BCUT2D eigenvalue weighted by atomic mass is 35.5. The average Bonchev–Trinajstić information content (AvgIpc) is 2.37. The van der Waals surface area contributed by atoms with Gasteiger partial charge in [0.05, 0.1) is 13.2 Å². The molecule has 4 nitrogen and oxygen atoms in total. The molecule has 106 valence electrons. The third-order valence-corrected chi connectivity index (χ3v) is 2.95. The van der Waals surface area contributed by atoms with E-state index in [1.807, 2.05) is 19.1 Å². The van der Waals surface area contributed by atoms with Crippen molar-refractivity contribution in [1.29, 1.82) is 0 Å². The molecule has 0 saturated heterocycles. The van der Waals surface area contributed by atoms with Crippen molar-refractivity contribution in [3.8, 4) is 0 Å². The second-order valence-corrected chi connectivity index (χ2v) is 4.69. The summed E-state index contributed by atoms with van der Waals surface area (Å²) in [7, 11) is 1.67. The van der Waals surface area contributed by atoms with Gasteiger partial charge in [-0.05, 0) is 24.6 Å².